The first kappa shape index (κ1) is 18.1. The van der Waals surface area contributed by atoms with Gasteiger partial charge in [-0.05, 0) is 38.5 Å². The largest absolute Gasteiger partial charge is 0.481 e. The summed E-state index contributed by atoms with van der Waals surface area (Å²) in [5, 5.41) is 8.52. The van der Waals surface area contributed by atoms with E-state index in [9.17, 15) is 18.0 Å². The number of aliphatic carboxylic acids is 1. The maximum Gasteiger partial charge on any atom is 0.338 e. The monoisotopic (exact) mass is 329 g/mol. The van der Waals surface area contributed by atoms with Crippen LogP contribution in [0, 0.1) is 6.92 Å². The van der Waals surface area contributed by atoms with Crippen LogP contribution < -0.4 is 4.72 Å². The Morgan fingerprint density at radius 2 is 1.95 bits per heavy atom. The average molecular weight is 329 g/mol. The van der Waals surface area contributed by atoms with Crippen molar-refractivity contribution in [2.24, 2.45) is 0 Å². The van der Waals surface area contributed by atoms with Crippen molar-refractivity contribution in [2.45, 2.75) is 38.2 Å². The molecule has 0 aliphatic carbocycles. The lowest BCUT2D eigenvalue weighted by Crippen LogP contribution is -2.26. The van der Waals surface area contributed by atoms with Crippen molar-refractivity contribution in [3.8, 4) is 0 Å². The van der Waals surface area contributed by atoms with E-state index in [0.717, 1.165) is 0 Å². The number of aryl methyl sites for hydroxylation is 1. The maximum absolute atomic E-state index is 12.1. The molecule has 1 aromatic carbocycles. The number of hydrogen-bond acceptors (Lipinski definition) is 5. The van der Waals surface area contributed by atoms with Gasteiger partial charge in [0.05, 0.1) is 23.0 Å². The Hall–Kier alpha value is -1.93. The lowest BCUT2D eigenvalue weighted by atomic mass is 10.1. The number of carbonyl (C=O) groups excluding carboxylic acids is 1. The molecule has 22 heavy (non-hydrogen) atoms. The molecule has 0 bridgehead atoms. The van der Waals surface area contributed by atoms with Gasteiger partial charge < -0.3 is 9.84 Å². The molecule has 0 aromatic heterocycles. The number of rotatable bonds is 7. The van der Waals surface area contributed by atoms with E-state index in [4.69, 9.17) is 9.84 Å². The Kier molecular flexibility index (Phi) is 6.07. The molecule has 0 spiro atoms. The number of ether oxygens (including phenoxy) is 1. The van der Waals surface area contributed by atoms with E-state index in [1.165, 1.54) is 18.2 Å². The molecule has 0 saturated carbocycles. The minimum Gasteiger partial charge on any atom is -0.481 e. The smallest absolute Gasteiger partial charge is 0.338 e. The molecule has 0 fully saturated rings. The first-order valence-corrected chi connectivity index (χ1v) is 8.15. The van der Waals surface area contributed by atoms with Crippen LogP contribution in [0.25, 0.3) is 0 Å². The fraction of sp³-hybridized carbons (Fsp3) is 0.429. The highest BCUT2D eigenvalue weighted by atomic mass is 32.2. The van der Waals surface area contributed by atoms with E-state index in [-0.39, 0.29) is 29.5 Å². The molecule has 1 aromatic rings. The lowest BCUT2D eigenvalue weighted by molar-refractivity contribution is -0.136. The third-order valence-electron chi connectivity index (χ3n) is 2.71. The molecule has 7 nitrogen and oxygen atoms in total. The normalized spacial score (nSPS) is 11.5. The molecule has 0 radical (unpaired) electrons. The third kappa shape index (κ3) is 5.12. The molecule has 0 heterocycles. The number of sulfonamides is 1. The van der Waals surface area contributed by atoms with Crippen LogP contribution in [0.4, 0.5) is 0 Å². The highest BCUT2D eigenvalue weighted by Gasteiger charge is 2.19. The van der Waals surface area contributed by atoms with Gasteiger partial charge in [-0.3, -0.25) is 4.79 Å². The van der Waals surface area contributed by atoms with Gasteiger partial charge in [0, 0.05) is 6.54 Å². The van der Waals surface area contributed by atoms with Crippen molar-refractivity contribution in [3.63, 3.8) is 0 Å². The van der Waals surface area contributed by atoms with Gasteiger partial charge in [0.1, 0.15) is 0 Å². The molecule has 2 N–H and O–H groups in total. The predicted molar refractivity (Wildman–Crippen MR) is 79.2 cm³/mol. The first-order valence-electron chi connectivity index (χ1n) is 6.66. The number of carboxylic acid groups (broad SMARTS) is 1. The van der Waals surface area contributed by atoms with Crippen molar-refractivity contribution in [1.82, 2.24) is 4.72 Å². The summed E-state index contributed by atoms with van der Waals surface area (Å²) in [5.74, 6) is -1.71. The lowest BCUT2D eigenvalue weighted by Gasteiger charge is -2.12. The van der Waals surface area contributed by atoms with Gasteiger partial charge in [-0.25, -0.2) is 17.9 Å². The molecule has 0 aliphatic rings. The quantitative estimate of drug-likeness (QED) is 0.730. The van der Waals surface area contributed by atoms with Crippen LogP contribution >= 0.6 is 0 Å². The summed E-state index contributed by atoms with van der Waals surface area (Å²) in [6, 6.07) is 4.08. The summed E-state index contributed by atoms with van der Waals surface area (Å²) in [5.41, 5.74) is 0.755. The summed E-state index contributed by atoms with van der Waals surface area (Å²) >= 11 is 0. The fourth-order valence-corrected chi connectivity index (χ4v) is 2.70. The summed E-state index contributed by atoms with van der Waals surface area (Å²) in [4.78, 5) is 22.2. The zero-order valence-electron chi connectivity index (χ0n) is 12.6. The van der Waals surface area contributed by atoms with E-state index in [0.29, 0.717) is 5.56 Å². The van der Waals surface area contributed by atoms with Crippen LogP contribution in [0.5, 0.6) is 0 Å². The highest BCUT2D eigenvalue weighted by Crippen LogP contribution is 2.17. The highest BCUT2D eigenvalue weighted by molar-refractivity contribution is 7.89. The number of nitrogens with one attached hydrogen (secondary N) is 1. The van der Waals surface area contributed by atoms with E-state index in [1.54, 1.807) is 20.8 Å². The van der Waals surface area contributed by atoms with Crippen molar-refractivity contribution >= 4 is 22.0 Å². The van der Waals surface area contributed by atoms with Gasteiger partial charge in [-0.15, -0.1) is 0 Å². The number of esters is 1. The van der Waals surface area contributed by atoms with Gasteiger partial charge in [-0.2, -0.15) is 0 Å². The SMILES string of the molecule is Cc1ccc(S(=O)(=O)NCCC(=O)O)cc1C(=O)OC(C)C. The van der Waals surface area contributed by atoms with Gasteiger partial charge >= 0.3 is 11.9 Å². The van der Waals surface area contributed by atoms with Gasteiger partial charge in [0.2, 0.25) is 10.0 Å². The number of hydrogen-bond donors (Lipinski definition) is 2. The number of carbonyl (C=O) groups is 2. The molecule has 122 valence electrons. The topological polar surface area (TPSA) is 110 Å². The van der Waals surface area contributed by atoms with E-state index >= 15 is 0 Å². The van der Waals surface area contributed by atoms with Crippen molar-refractivity contribution in [1.29, 1.82) is 0 Å². The minimum absolute atomic E-state index is 0.112. The number of benzene rings is 1. The van der Waals surface area contributed by atoms with Crippen molar-refractivity contribution in [3.05, 3.63) is 29.3 Å². The third-order valence-corrected chi connectivity index (χ3v) is 4.17. The zero-order chi connectivity index (χ0) is 16.9. The molecule has 8 heteroatoms. The number of carboxylic acids is 1. The van der Waals surface area contributed by atoms with Crippen LogP contribution in [-0.2, 0) is 19.6 Å². The van der Waals surface area contributed by atoms with E-state index in [1.807, 2.05) is 0 Å². The second-order valence-corrected chi connectivity index (χ2v) is 6.74. The molecular formula is C14H19NO6S. The Balaban J connectivity index is 3.01. The first-order chi connectivity index (χ1) is 10.1. The molecule has 0 saturated heterocycles. The second kappa shape index (κ2) is 7.37. The Bertz CT molecular complexity index is 666. The van der Waals surface area contributed by atoms with Gasteiger partial charge in [0.25, 0.3) is 0 Å². The minimum atomic E-state index is -3.88. The van der Waals surface area contributed by atoms with Crippen LogP contribution in [0.1, 0.15) is 36.2 Å². The molecule has 0 unspecified atom stereocenters. The predicted octanol–water partition coefficient (Wildman–Crippen LogP) is 1.31. The van der Waals surface area contributed by atoms with E-state index < -0.39 is 22.0 Å². The maximum atomic E-state index is 12.1. The summed E-state index contributed by atoms with van der Waals surface area (Å²) < 4.78 is 31.4. The Morgan fingerprint density at radius 1 is 1.32 bits per heavy atom. The second-order valence-electron chi connectivity index (χ2n) is 4.97. The van der Waals surface area contributed by atoms with Crippen molar-refractivity contribution < 1.29 is 27.9 Å². The van der Waals surface area contributed by atoms with Crippen molar-refractivity contribution in [2.75, 3.05) is 6.54 Å². The van der Waals surface area contributed by atoms with E-state index in [2.05, 4.69) is 4.72 Å². The molecule has 0 aliphatic heterocycles. The summed E-state index contributed by atoms with van der Waals surface area (Å²) in [6.07, 6.45) is -0.645. The molecule has 0 atom stereocenters. The molecule has 1 rings (SSSR count). The summed E-state index contributed by atoms with van der Waals surface area (Å²) in [6.45, 7) is 4.84. The van der Waals surface area contributed by atoms with Crippen LogP contribution in [0.2, 0.25) is 0 Å². The fourth-order valence-electron chi connectivity index (χ4n) is 1.64. The Labute approximate surface area is 129 Å². The molecule has 0 amide bonds. The van der Waals surface area contributed by atoms with Crippen LogP contribution in [0.3, 0.4) is 0 Å². The average Bonchev–Trinajstić information content (AvgIpc) is 2.37. The van der Waals surface area contributed by atoms with Gasteiger partial charge in [0.15, 0.2) is 0 Å². The van der Waals surface area contributed by atoms with Gasteiger partial charge in [-0.1, -0.05) is 6.07 Å². The summed E-state index contributed by atoms with van der Waals surface area (Å²) in [7, 11) is -3.88. The van der Waals surface area contributed by atoms with Crippen LogP contribution in [-0.4, -0.2) is 38.1 Å². The Morgan fingerprint density at radius 3 is 2.50 bits per heavy atom. The molecular weight excluding hydrogens is 310 g/mol. The zero-order valence-corrected chi connectivity index (χ0v) is 13.4. The van der Waals surface area contributed by atoms with Crippen LogP contribution in [0.15, 0.2) is 23.1 Å². The standard InChI is InChI=1S/C14H19NO6S/c1-9(2)21-14(18)12-8-11(5-4-10(12)3)22(19,20)15-7-6-13(16)17/h4-5,8-9,15H,6-7H2,1-3H3,(H,16,17).